The molecule has 1 aliphatic rings. The van der Waals surface area contributed by atoms with Crippen LogP contribution in [0, 0.1) is 12.1 Å². The van der Waals surface area contributed by atoms with E-state index in [1.807, 2.05) is 57.2 Å². The minimum atomic E-state index is -0.450. The fraction of sp³-hybridized carbons (Fsp3) is 0.235. The molecule has 0 aliphatic carbocycles. The molecule has 1 aromatic heterocycles. The molecule has 1 aromatic carbocycles. The molecule has 0 amide bonds. The van der Waals surface area contributed by atoms with Gasteiger partial charge in [-0.15, -0.1) is 0 Å². The number of halogens is 1. The quantitative estimate of drug-likeness (QED) is 0.578. The number of pyridine rings is 1. The van der Waals surface area contributed by atoms with E-state index in [2.05, 4.69) is 15.9 Å². The van der Waals surface area contributed by atoms with Crippen LogP contribution in [0.1, 0.15) is 30.7 Å². The van der Waals surface area contributed by atoms with E-state index < -0.39 is 5.60 Å². The number of hydrogen-bond donors (Lipinski definition) is 0. The molecular weight excluding hydrogens is 330 g/mol. The molecule has 0 bridgehead atoms. The van der Waals surface area contributed by atoms with E-state index in [1.54, 1.807) is 6.20 Å². The van der Waals surface area contributed by atoms with Crippen molar-refractivity contribution in [3.8, 4) is 5.75 Å². The van der Waals surface area contributed by atoms with Gasteiger partial charge >= 0.3 is 0 Å². The molecule has 0 N–H and O–H groups in total. The zero-order chi connectivity index (χ0) is 15.2. The number of aromatic nitrogens is 1. The van der Waals surface area contributed by atoms with Gasteiger partial charge in [0.15, 0.2) is 6.20 Å². The first kappa shape index (κ1) is 14.1. The van der Waals surface area contributed by atoms with Gasteiger partial charge in [-0.05, 0) is 51.1 Å². The summed E-state index contributed by atoms with van der Waals surface area (Å²) in [5.41, 5.74) is 2.95. The predicted octanol–water partition coefficient (Wildman–Crippen LogP) is 3.99. The Hall–Kier alpha value is -1.81. The molecule has 0 unspecified atom stereocenters. The molecule has 0 saturated heterocycles. The van der Waals surface area contributed by atoms with Crippen molar-refractivity contribution in [2.45, 2.75) is 26.4 Å². The van der Waals surface area contributed by atoms with Crippen LogP contribution >= 0.6 is 15.9 Å². The van der Waals surface area contributed by atoms with E-state index in [1.165, 1.54) is 0 Å². The van der Waals surface area contributed by atoms with Crippen LogP contribution in [0.25, 0.3) is 5.57 Å². The summed E-state index contributed by atoms with van der Waals surface area (Å²) in [6.07, 6.45) is 3.59. The largest absolute Gasteiger partial charge is 0.618 e. The summed E-state index contributed by atoms with van der Waals surface area (Å²) in [5.74, 6) is 0.793. The Morgan fingerprint density at radius 1 is 1.19 bits per heavy atom. The Morgan fingerprint density at radius 3 is 2.67 bits per heavy atom. The first-order valence-electron chi connectivity index (χ1n) is 6.78. The fourth-order valence-electron chi connectivity index (χ4n) is 2.54. The van der Waals surface area contributed by atoms with Crippen LogP contribution in [0.3, 0.4) is 0 Å². The lowest BCUT2D eigenvalue weighted by molar-refractivity contribution is -0.608. The Balaban J connectivity index is 2.24. The molecule has 108 valence electrons. The third-order valence-electron chi connectivity index (χ3n) is 3.44. The minimum Gasteiger partial charge on any atom is -0.618 e. The van der Waals surface area contributed by atoms with Gasteiger partial charge in [0.05, 0.1) is 5.57 Å². The van der Waals surface area contributed by atoms with Crippen molar-refractivity contribution < 1.29 is 9.47 Å². The highest BCUT2D eigenvalue weighted by Crippen LogP contribution is 2.39. The van der Waals surface area contributed by atoms with Crippen LogP contribution in [0.4, 0.5) is 0 Å². The Labute approximate surface area is 132 Å². The third-order valence-corrected chi connectivity index (χ3v) is 3.93. The Bertz CT molecular complexity index is 750. The summed E-state index contributed by atoms with van der Waals surface area (Å²) in [7, 11) is 0. The van der Waals surface area contributed by atoms with Crippen molar-refractivity contribution in [2.75, 3.05) is 0 Å². The summed E-state index contributed by atoms with van der Waals surface area (Å²) < 4.78 is 7.86. The number of hydrogen-bond acceptors (Lipinski definition) is 2. The first-order valence-corrected chi connectivity index (χ1v) is 7.57. The van der Waals surface area contributed by atoms with Gasteiger partial charge in [0.25, 0.3) is 0 Å². The molecule has 0 radical (unpaired) electrons. The van der Waals surface area contributed by atoms with Gasteiger partial charge in [-0.1, -0.05) is 15.9 Å². The maximum absolute atomic E-state index is 12.3. The third kappa shape index (κ3) is 2.68. The highest BCUT2D eigenvalue weighted by atomic mass is 79.9. The molecule has 0 atom stereocenters. The van der Waals surface area contributed by atoms with E-state index in [9.17, 15) is 5.21 Å². The molecule has 21 heavy (non-hydrogen) atoms. The van der Waals surface area contributed by atoms with Crippen molar-refractivity contribution in [3.05, 3.63) is 69.1 Å². The van der Waals surface area contributed by atoms with Crippen molar-refractivity contribution >= 4 is 21.5 Å². The maximum atomic E-state index is 12.3. The van der Waals surface area contributed by atoms with E-state index in [0.717, 1.165) is 31.7 Å². The molecule has 3 nitrogen and oxygen atoms in total. The summed E-state index contributed by atoms with van der Waals surface area (Å²) in [4.78, 5) is 0. The molecule has 0 spiro atoms. The molecule has 2 heterocycles. The van der Waals surface area contributed by atoms with Gasteiger partial charge in [0, 0.05) is 21.7 Å². The van der Waals surface area contributed by atoms with Crippen LogP contribution in [0.2, 0.25) is 0 Å². The van der Waals surface area contributed by atoms with Gasteiger partial charge in [-0.25, -0.2) is 0 Å². The number of rotatable bonds is 1. The normalized spacial score (nSPS) is 15.9. The van der Waals surface area contributed by atoms with Gasteiger partial charge in [-0.2, -0.15) is 4.73 Å². The summed E-state index contributed by atoms with van der Waals surface area (Å²) in [6, 6.07) is 9.66. The topological polar surface area (TPSA) is 36.2 Å². The van der Waals surface area contributed by atoms with E-state index in [0.29, 0.717) is 5.69 Å². The molecule has 1 aliphatic heterocycles. The maximum Gasteiger partial charge on any atom is 0.224 e. The lowest BCUT2D eigenvalue weighted by Gasteiger charge is -2.30. The lowest BCUT2D eigenvalue weighted by Crippen LogP contribution is -2.35. The van der Waals surface area contributed by atoms with Crippen molar-refractivity contribution in [1.29, 1.82) is 0 Å². The van der Waals surface area contributed by atoms with Crippen molar-refractivity contribution in [3.63, 3.8) is 0 Å². The van der Waals surface area contributed by atoms with Gasteiger partial charge in [-0.3, -0.25) is 0 Å². The summed E-state index contributed by atoms with van der Waals surface area (Å²) >= 11 is 3.48. The van der Waals surface area contributed by atoms with Crippen LogP contribution in [-0.4, -0.2) is 5.60 Å². The number of nitrogens with zero attached hydrogens (tertiary/aromatic N) is 1. The molecule has 4 heteroatoms. The smallest absolute Gasteiger partial charge is 0.224 e. The van der Waals surface area contributed by atoms with Crippen molar-refractivity contribution in [2.24, 2.45) is 0 Å². The summed E-state index contributed by atoms with van der Waals surface area (Å²) in [5, 5.41) is 12.3. The zero-order valence-electron chi connectivity index (χ0n) is 12.2. The zero-order valence-corrected chi connectivity index (χ0v) is 13.8. The second-order valence-electron chi connectivity index (χ2n) is 5.82. The SMILES string of the molecule is Cc1ccc(C2=CC(C)(C)Oc3ccc(Br)cc32)[n+]([O-])c1. The second kappa shape index (κ2) is 4.88. The standard InChI is InChI=1S/C17H16BrNO2/c1-11-4-6-15(19(20)10-11)14-9-17(2,3)21-16-7-5-12(18)8-13(14)16/h4-10H,1-3H3. The highest BCUT2D eigenvalue weighted by Gasteiger charge is 2.30. The predicted molar refractivity (Wildman–Crippen MR) is 86.1 cm³/mol. The average molecular weight is 346 g/mol. The van der Waals surface area contributed by atoms with E-state index in [-0.39, 0.29) is 0 Å². The van der Waals surface area contributed by atoms with Gasteiger partial charge in [0.2, 0.25) is 5.69 Å². The van der Waals surface area contributed by atoms with Gasteiger partial charge in [0.1, 0.15) is 11.4 Å². The lowest BCUT2D eigenvalue weighted by atomic mass is 9.92. The monoisotopic (exact) mass is 345 g/mol. The fourth-order valence-corrected chi connectivity index (χ4v) is 2.90. The minimum absolute atomic E-state index is 0.450. The highest BCUT2D eigenvalue weighted by molar-refractivity contribution is 9.10. The average Bonchev–Trinajstić information content (AvgIpc) is 2.38. The number of fused-ring (bicyclic) bond motifs is 1. The molecule has 2 aromatic rings. The molecule has 0 saturated carbocycles. The first-order chi connectivity index (χ1) is 9.85. The van der Waals surface area contributed by atoms with Crippen LogP contribution < -0.4 is 9.47 Å². The number of aryl methyl sites for hydroxylation is 1. The van der Waals surface area contributed by atoms with Crippen LogP contribution in [0.15, 0.2) is 47.1 Å². The summed E-state index contributed by atoms with van der Waals surface area (Å²) in [6.45, 7) is 5.88. The number of benzene rings is 1. The molecular formula is C17H16BrNO2. The van der Waals surface area contributed by atoms with Crippen LogP contribution in [-0.2, 0) is 0 Å². The number of ether oxygens (including phenoxy) is 1. The Kier molecular flexibility index (Phi) is 3.29. The van der Waals surface area contributed by atoms with Crippen molar-refractivity contribution in [1.82, 2.24) is 0 Å². The molecule has 3 rings (SSSR count). The van der Waals surface area contributed by atoms with Gasteiger partial charge < -0.3 is 9.94 Å². The van der Waals surface area contributed by atoms with Crippen LogP contribution in [0.5, 0.6) is 5.75 Å². The second-order valence-corrected chi connectivity index (χ2v) is 6.74. The van der Waals surface area contributed by atoms with E-state index in [4.69, 9.17) is 4.74 Å². The molecule has 0 fully saturated rings. The Morgan fingerprint density at radius 2 is 1.95 bits per heavy atom. The van der Waals surface area contributed by atoms with E-state index >= 15 is 0 Å².